The van der Waals surface area contributed by atoms with E-state index in [4.69, 9.17) is 5.84 Å². The Morgan fingerprint density at radius 2 is 1.95 bits per heavy atom. The Morgan fingerprint density at radius 3 is 2.63 bits per heavy atom. The van der Waals surface area contributed by atoms with Crippen LogP contribution in [0.2, 0.25) is 0 Å². The summed E-state index contributed by atoms with van der Waals surface area (Å²) in [6.45, 7) is 4.23. The molecule has 0 saturated carbocycles. The molecule has 1 atom stereocenters. The van der Waals surface area contributed by atoms with Gasteiger partial charge in [-0.3, -0.25) is 11.3 Å². The average molecular weight is 319 g/mol. The number of nitrogens with one attached hydrogen (secondary N) is 1. The van der Waals surface area contributed by atoms with E-state index in [0.717, 1.165) is 10.9 Å². The Balaban J connectivity index is 2.27. The van der Waals surface area contributed by atoms with E-state index in [1.165, 1.54) is 22.3 Å². The van der Waals surface area contributed by atoms with Crippen molar-refractivity contribution in [1.82, 2.24) is 5.43 Å². The first-order valence-corrected chi connectivity index (χ1v) is 7.17. The maximum absolute atomic E-state index is 5.75. The van der Waals surface area contributed by atoms with E-state index in [0.29, 0.717) is 0 Å². The van der Waals surface area contributed by atoms with Crippen molar-refractivity contribution in [2.24, 2.45) is 5.84 Å². The van der Waals surface area contributed by atoms with Crippen LogP contribution < -0.4 is 11.3 Å². The van der Waals surface area contributed by atoms with Crippen LogP contribution >= 0.6 is 15.9 Å². The molecule has 0 aliphatic heterocycles. The second-order valence-electron chi connectivity index (χ2n) is 4.91. The summed E-state index contributed by atoms with van der Waals surface area (Å²) in [6.07, 6.45) is 0.875. The molecule has 19 heavy (non-hydrogen) atoms. The molecule has 2 nitrogen and oxygen atoms in total. The van der Waals surface area contributed by atoms with Crippen molar-refractivity contribution in [1.29, 1.82) is 0 Å². The van der Waals surface area contributed by atoms with Gasteiger partial charge in [0, 0.05) is 4.47 Å². The Hall–Kier alpha value is -1.16. The molecule has 0 heterocycles. The van der Waals surface area contributed by atoms with E-state index in [2.05, 4.69) is 71.6 Å². The maximum atomic E-state index is 5.75. The third kappa shape index (κ3) is 3.66. The molecule has 0 spiro atoms. The molecule has 3 heteroatoms. The first-order valence-electron chi connectivity index (χ1n) is 6.38. The van der Waals surface area contributed by atoms with Gasteiger partial charge in [0.05, 0.1) is 6.04 Å². The molecular weight excluding hydrogens is 300 g/mol. The topological polar surface area (TPSA) is 38.0 Å². The van der Waals surface area contributed by atoms with Crippen LogP contribution in [0, 0.1) is 13.8 Å². The number of hydrogen-bond acceptors (Lipinski definition) is 2. The minimum Gasteiger partial charge on any atom is -0.271 e. The molecule has 0 amide bonds. The Bertz CT molecular complexity index is 566. The van der Waals surface area contributed by atoms with Gasteiger partial charge in [0.1, 0.15) is 0 Å². The van der Waals surface area contributed by atoms with Gasteiger partial charge < -0.3 is 0 Å². The summed E-state index contributed by atoms with van der Waals surface area (Å²) < 4.78 is 1.10. The molecule has 0 aliphatic rings. The Kier molecular flexibility index (Phi) is 4.75. The highest BCUT2D eigenvalue weighted by Gasteiger charge is 2.13. The van der Waals surface area contributed by atoms with E-state index in [1.807, 2.05) is 6.07 Å². The van der Waals surface area contributed by atoms with Crippen LogP contribution in [0.3, 0.4) is 0 Å². The highest BCUT2D eigenvalue weighted by atomic mass is 79.9. The van der Waals surface area contributed by atoms with Crippen LogP contribution in [-0.2, 0) is 6.42 Å². The van der Waals surface area contributed by atoms with Crippen molar-refractivity contribution in [3.63, 3.8) is 0 Å². The number of benzene rings is 2. The van der Waals surface area contributed by atoms with Gasteiger partial charge in [0.2, 0.25) is 0 Å². The molecule has 0 fully saturated rings. The third-order valence-electron chi connectivity index (χ3n) is 3.34. The van der Waals surface area contributed by atoms with E-state index >= 15 is 0 Å². The van der Waals surface area contributed by atoms with E-state index in [9.17, 15) is 0 Å². The molecule has 100 valence electrons. The van der Waals surface area contributed by atoms with Crippen molar-refractivity contribution in [3.8, 4) is 0 Å². The lowest BCUT2D eigenvalue weighted by molar-refractivity contribution is 0.549. The second kappa shape index (κ2) is 6.33. The minimum absolute atomic E-state index is 0.134. The molecule has 1 unspecified atom stereocenters. The number of hydrazine groups is 1. The summed E-state index contributed by atoms with van der Waals surface area (Å²) in [5.74, 6) is 5.75. The number of hydrogen-bond donors (Lipinski definition) is 2. The fourth-order valence-electron chi connectivity index (χ4n) is 2.29. The molecule has 2 rings (SSSR count). The molecule has 2 aromatic carbocycles. The summed E-state index contributed by atoms with van der Waals surface area (Å²) >= 11 is 3.50. The third-order valence-corrected chi connectivity index (χ3v) is 3.83. The van der Waals surface area contributed by atoms with Gasteiger partial charge in [-0.05, 0) is 49.1 Å². The van der Waals surface area contributed by atoms with Gasteiger partial charge >= 0.3 is 0 Å². The molecule has 0 radical (unpaired) electrons. The highest BCUT2D eigenvalue weighted by molar-refractivity contribution is 9.10. The summed E-state index contributed by atoms with van der Waals surface area (Å²) in [4.78, 5) is 0. The monoisotopic (exact) mass is 318 g/mol. The van der Waals surface area contributed by atoms with Gasteiger partial charge in [0.15, 0.2) is 0 Å². The highest BCUT2D eigenvalue weighted by Crippen LogP contribution is 2.23. The predicted octanol–water partition coefficient (Wildman–Crippen LogP) is 3.81. The summed E-state index contributed by atoms with van der Waals surface area (Å²) in [7, 11) is 0. The van der Waals surface area contributed by atoms with E-state index in [1.54, 1.807) is 0 Å². The smallest absolute Gasteiger partial charge is 0.0503 e. The number of nitrogens with two attached hydrogens (primary N) is 1. The van der Waals surface area contributed by atoms with Crippen molar-refractivity contribution in [2.45, 2.75) is 26.3 Å². The summed E-state index contributed by atoms with van der Waals surface area (Å²) in [6, 6.07) is 15.0. The van der Waals surface area contributed by atoms with Crippen LogP contribution in [0.15, 0.2) is 46.9 Å². The maximum Gasteiger partial charge on any atom is 0.0503 e. The van der Waals surface area contributed by atoms with Gasteiger partial charge in [-0.2, -0.15) is 0 Å². The van der Waals surface area contributed by atoms with Gasteiger partial charge in [-0.15, -0.1) is 0 Å². The zero-order valence-electron chi connectivity index (χ0n) is 11.3. The van der Waals surface area contributed by atoms with Gasteiger partial charge in [0.25, 0.3) is 0 Å². The zero-order valence-corrected chi connectivity index (χ0v) is 12.9. The normalized spacial score (nSPS) is 12.4. The fraction of sp³-hybridized carbons (Fsp3) is 0.250. The quantitative estimate of drug-likeness (QED) is 0.664. The molecule has 0 aromatic heterocycles. The first kappa shape index (κ1) is 14.3. The molecule has 2 aromatic rings. The molecular formula is C16H19BrN2. The lowest BCUT2D eigenvalue weighted by atomic mass is 9.94. The SMILES string of the molecule is Cc1ccc(C)c(C(Cc2cccc(Br)c2)NN)c1. The van der Waals surface area contributed by atoms with Crippen molar-refractivity contribution >= 4 is 15.9 Å². The fourth-order valence-corrected chi connectivity index (χ4v) is 2.74. The van der Waals surface area contributed by atoms with E-state index < -0.39 is 0 Å². The lowest BCUT2D eigenvalue weighted by Gasteiger charge is -2.19. The minimum atomic E-state index is 0.134. The number of halogens is 1. The molecule has 3 N–H and O–H groups in total. The lowest BCUT2D eigenvalue weighted by Crippen LogP contribution is -2.30. The summed E-state index contributed by atoms with van der Waals surface area (Å²) in [5, 5.41) is 0. The van der Waals surface area contributed by atoms with Crippen LogP contribution in [0.4, 0.5) is 0 Å². The van der Waals surface area contributed by atoms with Crippen LogP contribution in [0.5, 0.6) is 0 Å². The zero-order chi connectivity index (χ0) is 13.8. The van der Waals surface area contributed by atoms with Gasteiger partial charge in [-0.1, -0.05) is 51.8 Å². The Labute approximate surface area is 123 Å². The average Bonchev–Trinajstić information content (AvgIpc) is 2.39. The first-order chi connectivity index (χ1) is 9.10. The van der Waals surface area contributed by atoms with E-state index in [-0.39, 0.29) is 6.04 Å². The number of rotatable bonds is 4. The standard InChI is InChI=1S/C16H19BrN2/c1-11-6-7-12(2)15(8-11)16(19-18)10-13-4-3-5-14(17)9-13/h3-9,16,19H,10,18H2,1-2H3. The largest absolute Gasteiger partial charge is 0.271 e. The molecule has 0 bridgehead atoms. The second-order valence-corrected chi connectivity index (χ2v) is 5.83. The van der Waals surface area contributed by atoms with Crippen LogP contribution in [0.1, 0.15) is 28.3 Å². The van der Waals surface area contributed by atoms with Crippen LogP contribution in [0.25, 0.3) is 0 Å². The molecule has 0 saturated heterocycles. The number of aryl methyl sites for hydroxylation is 2. The van der Waals surface area contributed by atoms with Gasteiger partial charge in [-0.25, -0.2) is 0 Å². The summed E-state index contributed by atoms with van der Waals surface area (Å²) in [5.41, 5.74) is 7.99. The predicted molar refractivity (Wildman–Crippen MR) is 83.8 cm³/mol. The van der Waals surface area contributed by atoms with Crippen LogP contribution in [-0.4, -0.2) is 0 Å². The van der Waals surface area contributed by atoms with Crippen molar-refractivity contribution in [2.75, 3.05) is 0 Å². The Morgan fingerprint density at radius 1 is 1.16 bits per heavy atom. The van der Waals surface area contributed by atoms with Crippen molar-refractivity contribution in [3.05, 3.63) is 69.2 Å². The molecule has 0 aliphatic carbocycles. The van der Waals surface area contributed by atoms with Crippen molar-refractivity contribution < 1.29 is 0 Å².